The average molecular weight is 276 g/mol. The Bertz CT molecular complexity index is 554. The van der Waals surface area contributed by atoms with E-state index in [0.717, 1.165) is 10.6 Å². The molecule has 0 radical (unpaired) electrons. The second-order valence-electron chi connectivity index (χ2n) is 4.01. The first-order chi connectivity index (χ1) is 9.10. The van der Waals surface area contributed by atoms with E-state index in [-0.39, 0.29) is 6.04 Å². The molecule has 0 aromatic carbocycles. The number of anilines is 2. The summed E-state index contributed by atoms with van der Waals surface area (Å²) in [4.78, 5) is 12.7. The van der Waals surface area contributed by atoms with Crippen LogP contribution in [0.25, 0.3) is 0 Å². The summed E-state index contributed by atoms with van der Waals surface area (Å²) in [5.74, 6) is 0.711. The van der Waals surface area contributed by atoms with E-state index in [0.29, 0.717) is 16.8 Å². The number of pyridine rings is 1. The molecular formula is C12H16N6S. The molecule has 1 atom stereocenters. The zero-order chi connectivity index (χ0) is 13.8. The number of hydrogen-bond acceptors (Lipinski definition) is 7. The van der Waals surface area contributed by atoms with Gasteiger partial charge in [0, 0.05) is 23.9 Å². The summed E-state index contributed by atoms with van der Waals surface area (Å²) >= 11 is 1.35. The highest BCUT2D eigenvalue weighted by Gasteiger charge is 2.12. The summed E-state index contributed by atoms with van der Waals surface area (Å²) in [6.45, 7) is 2.07. The van der Waals surface area contributed by atoms with Crippen LogP contribution in [-0.4, -0.2) is 22.0 Å². The highest BCUT2D eigenvalue weighted by Crippen LogP contribution is 2.29. The standard InChI is InChI=1S/C12H16N6S/c1-7(15-2)8-4-3-5-16-11(8)19-12-17-9(13)6-10(14)18-12/h3-7,15H,1-2H3,(H4,13,14,17,18). The molecule has 6 nitrogen and oxygen atoms in total. The van der Waals surface area contributed by atoms with Crippen molar-refractivity contribution in [3.05, 3.63) is 30.0 Å². The average Bonchev–Trinajstić information content (AvgIpc) is 2.37. The molecule has 0 aliphatic heterocycles. The lowest BCUT2D eigenvalue weighted by Gasteiger charge is -2.13. The maximum Gasteiger partial charge on any atom is 0.197 e. The predicted octanol–water partition coefficient (Wildman–Crippen LogP) is 1.47. The number of nitrogens with two attached hydrogens (primary N) is 2. The Hall–Kier alpha value is -1.86. The quantitative estimate of drug-likeness (QED) is 0.726. The fourth-order valence-electron chi connectivity index (χ4n) is 1.57. The van der Waals surface area contributed by atoms with Gasteiger partial charge in [0.25, 0.3) is 0 Å². The fourth-order valence-corrected chi connectivity index (χ4v) is 2.52. The molecule has 2 aromatic heterocycles. The normalized spacial score (nSPS) is 12.3. The van der Waals surface area contributed by atoms with E-state index in [1.165, 1.54) is 17.8 Å². The molecule has 0 spiro atoms. The summed E-state index contributed by atoms with van der Waals surface area (Å²) in [6.07, 6.45) is 1.74. The Kier molecular flexibility index (Phi) is 4.18. The zero-order valence-electron chi connectivity index (χ0n) is 10.8. The van der Waals surface area contributed by atoms with E-state index in [2.05, 4.69) is 27.2 Å². The van der Waals surface area contributed by atoms with Crippen LogP contribution in [0.5, 0.6) is 0 Å². The number of nitrogens with zero attached hydrogens (tertiary/aromatic N) is 3. The summed E-state index contributed by atoms with van der Waals surface area (Å²) in [5.41, 5.74) is 12.4. The van der Waals surface area contributed by atoms with Gasteiger partial charge < -0.3 is 16.8 Å². The molecule has 7 heteroatoms. The Morgan fingerprint density at radius 3 is 2.58 bits per heavy atom. The van der Waals surface area contributed by atoms with Crippen molar-refractivity contribution >= 4 is 23.4 Å². The van der Waals surface area contributed by atoms with E-state index in [9.17, 15) is 0 Å². The molecule has 100 valence electrons. The molecule has 0 aliphatic carbocycles. The first kappa shape index (κ1) is 13.6. The first-order valence-electron chi connectivity index (χ1n) is 5.80. The van der Waals surface area contributed by atoms with Crippen molar-refractivity contribution in [3.8, 4) is 0 Å². The monoisotopic (exact) mass is 276 g/mol. The van der Waals surface area contributed by atoms with Gasteiger partial charge in [0.2, 0.25) is 0 Å². The number of rotatable bonds is 4. The van der Waals surface area contributed by atoms with E-state index >= 15 is 0 Å². The smallest absolute Gasteiger partial charge is 0.197 e. The molecular weight excluding hydrogens is 260 g/mol. The van der Waals surface area contributed by atoms with Crippen molar-refractivity contribution in [2.24, 2.45) is 0 Å². The van der Waals surface area contributed by atoms with E-state index in [1.54, 1.807) is 6.20 Å². The second-order valence-corrected chi connectivity index (χ2v) is 4.97. The van der Waals surface area contributed by atoms with E-state index in [1.807, 2.05) is 19.2 Å². The summed E-state index contributed by atoms with van der Waals surface area (Å²) in [6, 6.07) is 5.64. The number of nitrogens with one attached hydrogen (secondary N) is 1. The molecule has 0 saturated carbocycles. The van der Waals surface area contributed by atoms with Crippen LogP contribution in [0.15, 0.2) is 34.6 Å². The second kappa shape index (κ2) is 5.85. The third-order valence-corrected chi connectivity index (χ3v) is 3.53. The van der Waals surface area contributed by atoms with Crippen molar-refractivity contribution in [1.29, 1.82) is 0 Å². The maximum atomic E-state index is 5.66. The third-order valence-electron chi connectivity index (χ3n) is 2.63. The first-order valence-corrected chi connectivity index (χ1v) is 6.62. The van der Waals surface area contributed by atoms with Crippen molar-refractivity contribution in [3.63, 3.8) is 0 Å². The molecule has 0 saturated heterocycles. The molecule has 19 heavy (non-hydrogen) atoms. The lowest BCUT2D eigenvalue weighted by Crippen LogP contribution is -2.13. The van der Waals surface area contributed by atoms with Gasteiger partial charge in [0.1, 0.15) is 16.7 Å². The highest BCUT2D eigenvalue weighted by atomic mass is 32.2. The van der Waals surface area contributed by atoms with Gasteiger partial charge in [-0.05, 0) is 31.8 Å². The Morgan fingerprint density at radius 2 is 1.95 bits per heavy atom. The minimum atomic E-state index is 0.189. The summed E-state index contributed by atoms with van der Waals surface area (Å²) in [7, 11) is 1.90. The molecule has 2 rings (SSSR count). The molecule has 0 amide bonds. The fraction of sp³-hybridized carbons (Fsp3) is 0.250. The van der Waals surface area contributed by atoms with Gasteiger partial charge in [0.05, 0.1) is 0 Å². The topological polar surface area (TPSA) is 103 Å². The van der Waals surface area contributed by atoms with Crippen LogP contribution in [0.1, 0.15) is 18.5 Å². The van der Waals surface area contributed by atoms with Gasteiger partial charge in [-0.15, -0.1) is 0 Å². The third kappa shape index (κ3) is 3.33. The number of aromatic nitrogens is 3. The molecule has 1 unspecified atom stereocenters. The minimum absolute atomic E-state index is 0.189. The summed E-state index contributed by atoms with van der Waals surface area (Å²) < 4.78 is 0. The van der Waals surface area contributed by atoms with Crippen LogP contribution in [0.2, 0.25) is 0 Å². The van der Waals surface area contributed by atoms with Crippen LogP contribution in [0.4, 0.5) is 11.6 Å². The van der Waals surface area contributed by atoms with Crippen LogP contribution < -0.4 is 16.8 Å². The van der Waals surface area contributed by atoms with Gasteiger partial charge in [-0.3, -0.25) is 0 Å². The Balaban J connectivity index is 2.32. The molecule has 2 heterocycles. The van der Waals surface area contributed by atoms with E-state index in [4.69, 9.17) is 11.5 Å². The number of nitrogen functional groups attached to an aromatic ring is 2. The van der Waals surface area contributed by atoms with Crippen LogP contribution in [0, 0.1) is 0 Å². The van der Waals surface area contributed by atoms with Gasteiger partial charge >= 0.3 is 0 Å². The predicted molar refractivity (Wildman–Crippen MR) is 76.7 cm³/mol. The summed E-state index contributed by atoms with van der Waals surface area (Å²) in [5, 5.41) is 4.53. The van der Waals surface area contributed by atoms with Gasteiger partial charge in [-0.1, -0.05) is 6.07 Å². The minimum Gasteiger partial charge on any atom is -0.383 e. The largest absolute Gasteiger partial charge is 0.383 e. The Morgan fingerprint density at radius 1 is 1.26 bits per heavy atom. The molecule has 0 aliphatic rings. The van der Waals surface area contributed by atoms with Crippen molar-refractivity contribution < 1.29 is 0 Å². The van der Waals surface area contributed by atoms with Gasteiger partial charge in [0.15, 0.2) is 5.16 Å². The SMILES string of the molecule is CNC(C)c1cccnc1Sc1nc(N)cc(N)n1. The van der Waals surface area contributed by atoms with Crippen LogP contribution in [-0.2, 0) is 0 Å². The molecule has 5 N–H and O–H groups in total. The van der Waals surface area contributed by atoms with Crippen molar-refractivity contribution in [2.75, 3.05) is 18.5 Å². The lowest BCUT2D eigenvalue weighted by atomic mass is 10.1. The number of hydrogen-bond donors (Lipinski definition) is 3. The van der Waals surface area contributed by atoms with Gasteiger partial charge in [-0.2, -0.15) is 0 Å². The van der Waals surface area contributed by atoms with Crippen molar-refractivity contribution in [2.45, 2.75) is 23.1 Å². The molecule has 0 fully saturated rings. The van der Waals surface area contributed by atoms with Crippen LogP contribution >= 0.6 is 11.8 Å². The zero-order valence-corrected chi connectivity index (χ0v) is 11.6. The highest BCUT2D eigenvalue weighted by molar-refractivity contribution is 7.99. The van der Waals surface area contributed by atoms with Crippen LogP contribution in [0.3, 0.4) is 0 Å². The van der Waals surface area contributed by atoms with Gasteiger partial charge in [-0.25, -0.2) is 15.0 Å². The molecule has 2 aromatic rings. The Labute approximate surface area is 116 Å². The maximum absolute atomic E-state index is 5.66. The lowest BCUT2D eigenvalue weighted by molar-refractivity contribution is 0.634. The molecule has 0 bridgehead atoms. The van der Waals surface area contributed by atoms with Crippen molar-refractivity contribution in [1.82, 2.24) is 20.3 Å². The van der Waals surface area contributed by atoms with E-state index < -0.39 is 0 Å².